The van der Waals surface area contributed by atoms with Gasteiger partial charge in [-0.2, -0.15) is 0 Å². The van der Waals surface area contributed by atoms with Gasteiger partial charge in [0.1, 0.15) is 12.2 Å². The lowest BCUT2D eigenvalue weighted by molar-refractivity contribution is -0.198. The minimum atomic E-state index is -1.32. The molecule has 3 heterocycles. The van der Waals surface area contributed by atoms with Crippen LogP contribution in [-0.4, -0.2) is 65.9 Å². The van der Waals surface area contributed by atoms with Crippen LogP contribution in [0.1, 0.15) is 6.42 Å². The number of rotatable bonds is 3. The topological polar surface area (TPSA) is 121 Å². The highest BCUT2D eigenvalue weighted by Crippen LogP contribution is 2.35. The number of ether oxygens (including phenoxy) is 5. The largest absolute Gasteiger partial charge is 0.477 e. The third-order valence-corrected chi connectivity index (χ3v) is 3.16. The van der Waals surface area contributed by atoms with E-state index in [1.165, 1.54) is 0 Å². The number of carboxylic acid groups (broad SMARTS) is 2. The standard InChI is InChI=1S/C10H12O9/c11-6(12)9-15-2-5(18-9)3-1-4-8(16-3)19-10(17-4)7(13)14/h3-5,8-10H,1-2H2,(H,11,12)(H,13,14). The predicted molar refractivity (Wildman–Crippen MR) is 52.9 cm³/mol. The average Bonchev–Trinajstić information content (AvgIpc) is 3.01. The normalized spacial score (nSPS) is 45.3. The number of carbonyl (C=O) groups is 2. The molecule has 6 atom stereocenters. The van der Waals surface area contributed by atoms with E-state index in [2.05, 4.69) is 0 Å². The van der Waals surface area contributed by atoms with Crippen LogP contribution in [0.25, 0.3) is 0 Å². The first-order chi connectivity index (χ1) is 9.04. The van der Waals surface area contributed by atoms with Crippen LogP contribution in [0, 0.1) is 0 Å². The molecule has 0 bridgehead atoms. The van der Waals surface area contributed by atoms with E-state index in [1.807, 2.05) is 0 Å². The van der Waals surface area contributed by atoms with Crippen molar-refractivity contribution in [1.82, 2.24) is 0 Å². The summed E-state index contributed by atoms with van der Waals surface area (Å²) in [5.74, 6) is -2.40. The second kappa shape index (κ2) is 4.69. The van der Waals surface area contributed by atoms with Crippen molar-refractivity contribution in [2.75, 3.05) is 6.61 Å². The highest BCUT2D eigenvalue weighted by molar-refractivity contribution is 5.71. The van der Waals surface area contributed by atoms with E-state index >= 15 is 0 Å². The summed E-state index contributed by atoms with van der Waals surface area (Å²) in [5, 5.41) is 17.5. The maximum atomic E-state index is 10.7. The third-order valence-electron chi connectivity index (χ3n) is 3.16. The summed E-state index contributed by atoms with van der Waals surface area (Å²) >= 11 is 0. The highest BCUT2D eigenvalue weighted by atomic mass is 16.8. The maximum Gasteiger partial charge on any atom is 0.361 e. The lowest BCUT2D eigenvalue weighted by Gasteiger charge is -2.18. The summed E-state index contributed by atoms with van der Waals surface area (Å²) < 4.78 is 25.8. The molecule has 0 aromatic rings. The number of carboxylic acids is 2. The van der Waals surface area contributed by atoms with E-state index in [-0.39, 0.29) is 6.61 Å². The van der Waals surface area contributed by atoms with Crippen LogP contribution in [-0.2, 0) is 33.3 Å². The third kappa shape index (κ3) is 2.30. The quantitative estimate of drug-likeness (QED) is 0.651. The van der Waals surface area contributed by atoms with Gasteiger partial charge < -0.3 is 33.9 Å². The number of hydrogen-bond donors (Lipinski definition) is 2. The van der Waals surface area contributed by atoms with Crippen molar-refractivity contribution < 1.29 is 43.5 Å². The molecule has 0 saturated carbocycles. The van der Waals surface area contributed by atoms with Gasteiger partial charge in [-0.05, 0) is 0 Å². The number of fused-ring (bicyclic) bond motifs is 1. The minimum Gasteiger partial charge on any atom is -0.477 e. The fourth-order valence-electron chi connectivity index (χ4n) is 2.31. The zero-order valence-corrected chi connectivity index (χ0v) is 9.63. The smallest absolute Gasteiger partial charge is 0.361 e. The van der Waals surface area contributed by atoms with Gasteiger partial charge in [0.25, 0.3) is 12.6 Å². The molecule has 0 aromatic heterocycles. The molecule has 3 saturated heterocycles. The molecule has 6 unspecified atom stereocenters. The first kappa shape index (κ1) is 12.8. The molecular formula is C10H12O9. The van der Waals surface area contributed by atoms with Gasteiger partial charge in [-0.3, -0.25) is 0 Å². The molecule has 3 fully saturated rings. The number of aliphatic carboxylic acids is 2. The first-order valence-electron chi connectivity index (χ1n) is 5.73. The van der Waals surface area contributed by atoms with Crippen LogP contribution in [0.2, 0.25) is 0 Å². The second-order valence-electron chi connectivity index (χ2n) is 4.44. The van der Waals surface area contributed by atoms with Gasteiger partial charge >= 0.3 is 11.9 Å². The first-order valence-corrected chi connectivity index (χ1v) is 5.73. The van der Waals surface area contributed by atoms with Crippen molar-refractivity contribution in [2.24, 2.45) is 0 Å². The van der Waals surface area contributed by atoms with Gasteiger partial charge in [0, 0.05) is 6.42 Å². The summed E-state index contributed by atoms with van der Waals surface area (Å²) in [4.78, 5) is 21.3. The molecule has 0 aromatic carbocycles. The van der Waals surface area contributed by atoms with E-state index in [0.29, 0.717) is 6.42 Å². The van der Waals surface area contributed by atoms with Crippen LogP contribution in [0.15, 0.2) is 0 Å². The molecule has 0 aliphatic carbocycles. The van der Waals surface area contributed by atoms with Crippen molar-refractivity contribution >= 4 is 11.9 Å². The summed E-state index contributed by atoms with van der Waals surface area (Å²) in [5.41, 5.74) is 0. The van der Waals surface area contributed by atoms with Gasteiger partial charge in [-0.25, -0.2) is 9.59 Å². The lowest BCUT2D eigenvalue weighted by Crippen LogP contribution is -2.32. The van der Waals surface area contributed by atoms with E-state index in [1.54, 1.807) is 0 Å². The zero-order valence-electron chi connectivity index (χ0n) is 9.63. The molecule has 3 rings (SSSR count). The van der Waals surface area contributed by atoms with Crippen molar-refractivity contribution in [3.8, 4) is 0 Å². The Bertz CT molecular complexity index is 382. The maximum absolute atomic E-state index is 10.7. The van der Waals surface area contributed by atoms with E-state index in [4.69, 9.17) is 33.9 Å². The van der Waals surface area contributed by atoms with Crippen LogP contribution in [0.3, 0.4) is 0 Å². The molecule has 0 amide bonds. The Morgan fingerprint density at radius 3 is 2.11 bits per heavy atom. The molecule has 3 aliphatic rings. The van der Waals surface area contributed by atoms with Crippen molar-refractivity contribution in [1.29, 1.82) is 0 Å². The fourth-order valence-corrected chi connectivity index (χ4v) is 2.31. The van der Waals surface area contributed by atoms with Gasteiger partial charge in [0.05, 0.1) is 12.7 Å². The zero-order chi connectivity index (χ0) is 13.6. The fraction of sp³-hybridized carbons (Fsp3) is 0.800. The average molecular weight is 276 g/mol. The lowest BCUT2D eigenvalue weighted by atomic mass is 10.1. The van der Waals surface area contributed by atoms with Gasteiger partial charge in [0.2, 0.25) is 0 Å². The SMILES string of the molecule is O=C(O)C1OCC(C2CC3OC(C(=O)O)OC3O2)O1. The van der Waals surface area contributed by atoms with E-state index in [0.717, 1.165) is 0 Å². The summed E-state index contributed by atoms with van der Waals surface area (Å²) in [6.45, 7) is 0.101. The van der Waals surface area contributed by atoms with Gasteiger partial charge in [-0.15, -0.1) is 0 Å². The Kier molecular flexibility index (Phi) is 3.15. The van der Waals surface area contributed by atoms with Crippen molar-refractivity contribution in [2.45, 2.75) is 43.6 Å². The van der Waals surface area contributed by atoms with Crippen LogP contribution in [0.4, 0.5) is 0 Å². The Labute approximate surface area is 106 Å². The van der Waals surface area contributed by atoms with Crippen molar-refractivity contribution in [3.63, 3.8) is 0 Å². The molecular weight excluding hydrogens is 264 g/mol. The van der Waals surface area contributed by atoms with Crippen LogP contribution in [0.5, 0.6) is 0 Å². The van der Waals surface area contributed by atoms with Crippen LogP contribution >= 0.6 is 0 Å². The molecule has 0 radical (unpaired) electrons. The summed E-state index contributed by atoms with van der Waals surface area (Å²) in [6.07, 6.45) is -4.45. The Hall–Kier alpha value is -1.26. The van der Waals surface area contributed by atoms with Gasteiger partial charge in [-0.1, -0.05) is 0 Å². The predicted octanol–water partition coefficient (Wildman–Crippen LogP) is -1.25. The summed E-state index contributed by atoms with van der Waals surface area (Å²) in [6, 6.07) is 0. The van der Waals surface area contributed by atoms with Crippen molar-refractivity contribution in [3.05, 3.63) is 0 Å². The molecule has 0 spiro atoms. The molecule has 19 heavy (non-hydrogen) atoms. The monoisotopic (exact) mass is 276 g/mol. The highest BCUT2D eigenvalue weighted by Gasteiger charge is 2.51. The Balaban J connectivity index is 1.55. The summed E-state index contributed by atoms with van der Waals surface area (Å²) in [7, 11) is 0. The number of hydrogen-bond acceptors (Lipinski definition) is 7. The molecule has 9 nitrogen and oxygen atoms in total. The van der Waals surface area contributed by atoms with Gasteiger partial charge in [0.15, 0.2) is 6.29 Å². The molecule has 9 heteroatoms. The molecule has 2 N–H and O–H groups in total. The van der Waals surface area contributed by atoms with Crippen LogP contribution < -0.4 is 0 Å². The van der Waals surface area contributed by atoms with E-state index < -0.39 is 49.1 Å². The Morgan fingerprint density at radius 2 is 1.53 bits per heavy atom. The Morgan fingerprint density at radius 1 is 0.842 bits per heavy atom. The molecule has 106 valence electrons. The van der Waals surface area contributed by atoms with E-state index in [9.17, 15) is 9.59 Å². The second-order valence-corrected chi connectivity index (χ2v) is 4.44. The minimum absolute atomic E-state index is 0.101. The molecule has 3 aliphatic heterocycles.